The van der Waals surface area contributed by atoms with Crippen LogP contribution in [0.25, 0.3) is 38.6 Å². The van der Waals surface area contributed by atoms with Crippen molar-refractivity contribution in [1.29, 1.82) is 0 Å². The second-order valence-corrected chi connectivity index (χ2v) is 7.96. The molecule has 0 fully saturated rings. The molecule has 6 rings (SSSR count). The highest BCUT2D eigenvalue weighted by Gasteiger charge is 2.15. The van der Waals surface area contributed by atoms with Crippen LogP contribution in [0.4, 0.5) is 11.4 Å². The second kappa shape index (κ2) is 7.75. The van der Waals surface area contributed by atoms with Crippen molar-refractivity contribution in [1.82, 2.24) is 4.57 Å². The maximum atomic E-state index is 3.71. The summed E-state index contributed by atoms with van der Waals surface area (Å²) in [5.41, 5.74) is 8.13. The van der Waals surface area contributed by atoms with Crippen molar-refractivity contribution in [3.63, 3.8) is 0 Å². The van der Waals surface area contributed by atoms with Crippen LogP contribution in [0.15, 0.2) is 127 Å². The van der Waals surface area contributed by atoms with Gasteiger partial charge in [0, 0.05) is 22.1 Å². The van der Waals surface area contributed by atoms with E-state index in [4.69, 9.17) is 0 Å². The van der Waals surface area contributed by atoms with Crippen LogP contribution in [-0.2, 0) is 0 Å². The van der Waals surface area contributed by atoms with Crippen LogP contribution in [0.2, 0.25) is 0 Å². The Morgan fingerprint density at radius 2 is 1.16 bits per heavy atom. The van der Waals surface area contributed by atoms with Gasteiger partial charge in [0.2, 0.25) is 0 Å². The topological polar surface area (TPSA) is 17.0 Å². The van der Waals surface area contributed by atoms with Gasteiger partial charge in [0.15, 0.2) is 0 Å². The summed E-state index contributed by atoms with van der Waals surface area (Å²) in [7, 11) is 0. The molecule has 5 aromatic carbocycles. The molecule has 152 valence electrons. The Balaban J connectivity index is 1.54. The number of para-hydroxylation sites is 3. The Bertz CT molecular complexity index is 1530. The van der Waals surface area contributed by atoms with Crippen molar-refractivity contribution in [2.75, 3.05) is 5.32 Å². The van der Waals surface area contributed by atoms with Crippen LogP contribution in [0.1, 0.15) is 0 Å². The van der Waals surface area contributed by atoms with Crippen molar-refractivity contribution in [2.45, 2.75) is 0 Å². The predicted molar refractivity (Wildman–Crippen MR) is 136 cm³/mol. The molecule has 1 N–H and O–H groups in total. The third-order valence-corrected chi connectivity index (χ3v) is 5.96. The molecular weight excluding hydrogens is 388 g/mol. The molecule has 0 radical (unpaired) electrons. The van der Waals surface area contributed by atoms with E-state index in [1.807, 2.05) is 0 Å². The van der Waals surface area contributed by atoms with E-state index in [-0.39, 0.29) is 0 Å². The normalized spacial score (nSPS) is 11.1. The van der Waals surface area contributed by atoms with Crippen molar-refractivity contribution in [2.24, 2.45) is 0 Å². The van der Waals surface area contributed by atoms with E-state index >= 15 is 0 Å². The number of hydrogen-bond acceptors (Lipinski definition) is 1. The van der Waals surface area contributed by atoms with Crippen molar-refractivity contribution in [3.8, 4) is 16.8 Å². The monoisotopic (exact) mass is 410 g/mol. The van der Waals surface area contributed by atoms with E-state index in [9.17, 15) is 0 Å². The average Bonchev–Trinajstić information content (AvgIpc) is 3.21. The number of rotatable bonds is 4. The first-order valence-electron chi connectivity index (χ1n) is 10.9. The van der Waals surface area contributed by atoms with E-state index in [1.165, 1.54) is 32.9 Å². The minimum absolute atomic E-state index is 1.07. The van der Waals surface area contributed by atoms with Gasteiger partial charge in [0.1, 0.15) is 0 Å². The summed E-state index contributed by atoms with van der Waals surface area (Å²) in [5.74, 6) is 0. The Morgan fingerprint density at radius 3 is 2.00 bits per heavy atom. The van der Waals surface area contributed by atoms with E-state index in [0.29, 0.717) is 0 Å². The van der Waals surface area contributed by atoms with E-state index < -0.39 is 0 Å². The zero-order valence-electron chi connectivity index (χ0n) is 17.6. The molecule has 0 bridgehead atoms. The highest BCUT2D eigenvalue weighted by molar-refractivity contribution is 6.13. The standard InChI is InChI=1S/C30H22N2/c1-3-11-22(12-4-1)23-13-9-14-24(21-23)31-28-19-10-18-27-26-17-7-8-20-29(26)32(30(27)28)25-15-5-2-6-16-25/h1-21,31H. The van der Waals surface area contributed by atoms with Gasteiger partial charge >= 0.3 is 0 Å². The van der Waals surface area contributed by atoms with Crippen LogP contribution in [-0.4, -0.2) is 4.57 Å². The van der Waals surface area contributed by atoms with Crippen LogP contribution < -0.4 is 5.32 Å². The average molecular weight is 411 g/mol. The fourth-order valence-electron chi connectivity index (χ4n) is 4.53. The number of anilines is 2. The molecule has 0 aliphatic rings. The van der Waals surface area contributed by atoms with Crippen LogP contribution in [0, 0.1) is 0 Å². The SMILES string of the molecule is c1ccc(-c2cccc(Nc3cccc4c5ccccc5n(-c5ccccc5)c34)c2)cc1. The van der Waals surface area contributed by atoms with Gasteiger partial charge in [-0.1, -0.05) is 91.0 Å². The molecule has 0 aliphatic carbocycles. The van der Waals surface area contributed by atoms with Crippen LogP contribution in [0.5, 0.6) is 0 Å². The smallest absolute Gasteiger partial charge is 0.0776 e. The molecule has 32 heavy (non-hydrogen) atoms. The number of hydrogen-bond donors (Lipinski definition) is 1. The molecule has 2 heteroatoms. The van der Waals surface area contributed by atoms with Crippen molar-refractivity contribution in [3.05, 3.63) is 127 Å². The molecule has 0 saturated heterocycles. The Hall–Kier alpha value is -4.30. The first-order chi connectivity index (χ1) is 15.9. The zero-order chi connectivity index (χ0) is 21.3. The lowest BCUT2D eigenvalue weighted by Gasteiger charge is -2.14. The molecular formula is C30H22N2. The number of benzene rings is 5. The van der Waals surface area contributed by atoms with E-state index in [2.05, 4.69) is 137 Å². The first-order valence-corrected chi connectivity index (χ1v) is 10.9. The maximum absolute atomic E-state index is 3.71. The quantitative estimate of drug-likeness (QED) is 0.310. The first kappa shape index (κ1) is 18.5. The summed E-state index contributed by atoms with van der Waals surface area (Å²) < 4.78 is 2.36. The van der Waals surface area contributed by atoms with Gasteiger partial charge in [-0.05, 0) is 47.5 Å². The van der Waals surface area contributed by atoms with Crippen LogP contribution >= 0.6 is 0 Å². The largest absolute Gasteiger partial charge is 0.354 e. The highest BCUT2D eigenvalue weighted by atomic mass is 15.0. The van der Waals surface area contributed by atoms with Gasteiger partial charge in [0.05, 0.1) is 16.7 Å². The third kappa shape index (κ3) is 3.14. The van der Waals surface area contributed by atoms with Gasteiger partial charge in [-0.2, -0.15) is 0 Å². The molecule has 1 aromatic heterocycles. The van der Waals surface area contributed by atoms with Crippen molar-refractivity contribution < 1.29 is 0 Å². The lowest BCUT2D eigenvalue weighted by Crippen LogP contribution is -1.98. The minimum atomic E-state index is 1.07. The van der Waals surface area contributed by atoms with Crippen molar-refractivity contribution >= 4 is 33.2 Å². The third-order valence-electron chi connectivity index (χ3n) is 5.96. The molecule has 0 amide bonds. The van der Waals surface area contributed by atoms with Gasteiger partial charge < -0.3 is 9.88 Å². The van der Waals surface area contributed by atoms with E-state index in [0.717, 1.165) is 17.1 Å². The summed E-state index contributed by atoms with van der Waals surface area (Å²) in [6, 6.07) is 44.8. The fraction of sp³-hybridized carbons (Fsp3) is 0. The molecule has 0 saturated carbocycles. The number of nitrogens with zero attached hydrogens (tertiary/aromatic N) is 1. The molecule has 6 aromatic rings. The Morgan fingerprint density at radius 1 is 0.500 bits per heavy atom. The van der Waals surface area contributed by atoms with Gasteiger partial charge in [-0.25, -0.2) is 0 Å². The summed E-state index contributed by atoms with van der Waals surface area (Å²) in [6.45, 7) is 0. The minimum Gasteiger partial charge on any atom is -0.354 e. The fourth-order valence-corrected chi connectivity index (χ4v) is 4.53. The summed E-state index contributed by atoms with van der Waals surface area (Å²) in [5, 5.41) is 6.21. The molecule has 0 atom stereocenters. The molecule has 0 aliphatic heterocycles. The second-order valence-electron chi connectivity index (χ2n) is 7.96. The zero-order valence-corrected chi connectivity index (χ0v) is 17.6. The number of fused-ring (bicyclic) bond motifs is 3. The lowest BCUT2D eigenvalue weighted by atomic mass is 10.1. The summed E-state index contributed by atoms with van der Waals surface area (Å²) >= 11 is 0. The summed E-state index contributed by atoms with van der Waals surface area (Å²) in [6.07, 6.45) is 0. The van der Waals surface area contributed by atoms with Crippen LogP contribution in [0.3, 0.4) is 0 Å². The van der Waals surface area contributed by atoms with E-state index in [1.54, 1.807) is 0 Å². The molecule has 0 unspecified atom stereocenters. The Kier molecular flexibility index (Phi) is 4.47. The molecule has 1 heterocycles. The van der Waals surface area contributed by atoms with Gasteiger partial charge in [0.25, 0.3) is 0 Å². The lowest BCUT2D eigenvalue weighted by molar-refractivity contribution is 1.18. The Labute approximate surface area is 187 Å². The molecule has 2 nitrogen and oxygen atoms in total. The number of nitrogens with one attached hydrogen (secondary N) is 1. The summed E-state index contributed by atoms with van der Waals surface area (Å²) in [4.78, 5) is 0. The van der Waals surface area contributed by atoms with Gasteiger partial charge in [-0.3, -0.25) is 0 Å². The number of aromatic nitrogens is 1. The molecule has 0 spiro atoms. The predicted octanol–water partition coefficient (Wildman–Crippen LogP) is 8.19. The van der Waals surface area contributed by atoms with Gasteiger partial charge in [-0.15, -0.1) is 0 Å². The highest BCUT2D eigenvalue weighted by Crippen LogP contribution is 2.37. The maximum Gasteiger partial charge on any atom is 0.0776 e.